The number of hydrogen-bond donors (Lipinski definition) is 0. The molecule has 0 aliphatic carbocycles. The molecule has 0 atom stereocenters. The summed E-state index contributed by atoms with van der Waals surface area (Å²) in [5.74, 6) is 0. The Bertz CT molecular complexity index is 4.35. The summed E-state index contributed by atoms with van der Waals surface area (Å²) in [7, 11) is 0. The van der Waals surface area contributed by atoms with E-state index in [9.17, 15) is 0 Å². The van der Waals surface area contributed by atoms with Crippen molar-refractivity contribution >= 4 is 0 Å². The molecule has 0 rings (SSSR count). The summed E-state index contributed by atoms with van der Waals surface area (Å²) in [6.45, 7) is 0. The Kier molecular flexibility index (Phi) is 27700. The van der Waals surface area contributed by atoms with Gasteiger partial charge < -0.3 is 38.3 Å². The summed E-state index contributed by atoms with van der Waals surface area (Å²) in [6, 6.07) is 0. The minimum Gasteiger partial charge on any atom is -2.00 e. The van der Waals surface area contributed by atoms with Gasteiger partial charge >= 0.3 is 38.6 Å². The van der Waals surface area contributed by atoms with Crippen LogP contribution in [0.15, 0.2) is 0 Å². The van der Waals surface area contributed by atoms with E-state index in [2.05, 4.69) is 0 Å². The molecule has 0 fully saturated rings. The van der Waals surface area contributed by atoms with Gasteiger partial charge in [0, 0.05) is 0 Å². The molecular weight excluding hydrogens is 271 g/mol. The van der Waals surface area contributed by atoms with Crippen LogP contribution in [-0.2, 0) is 5.48 Å². The first-order chi connectivity index (χ1) is 0. The summed E-state index contributed by atoms with van der Waals surface area (Å²) in [6.07, 6.45) is 0. The van der Waals surface area contributed by atoms with Crippen molar-refractivity contribution in [1.29, 1.82) is 0 Å². The third kappa shape index (κ3) is 250. The van der Waals surface area contributed by atoms with Gasteiger partial charge in [0.1, 0.15) is 0 Å². The molecule has 7 nitrogen and oxygen atoms in total. The predicted molar refractivity (Wildman–Crippen MR) is 20.7 cm³/mol. The molecule has 0 unspecified atom stereocenters. The van der Waals surface area contributed by atoms with Crippen molar-refractivity contribution in [2.24, 2.45) is 0 Å². The molecule has 0 spiro atoms. The van der Waals surface area contributed by atoms with Crippen molar-refractivity contribution in [2.75, 3.05) is 0 Å². The monoisotopic (exact) mass is 282 g/mol. The van der Waals surface area contributed by atoms with Crippen LogP contribution in [-0.4, -0.2) is 32.9 Å². The summed E-state index contributed by atoms with van der Waals surface area (Å²) in [5, 5.41) is 0. The van der Waals surface area contributed by atoms with Crippen LogP contribution in [0.5, 0.6) is 0 Å². The molecule has 0 aliphatic heterocycles. The van der Waals surface area contributed by atoms with E-state index in [0.29, 0.717) is 0 Å². The Morgan fingerprint density at radius 3 is 0.500 bits per heavy atom. The molecule has 11 N–H and O–H groups in total. The van der Waals surface area contributed by atoms with Crippen molar-refractivity contribution in [2.45, 2.75) is 0 Å². The maximum absolute atomic E-state index is 0. The van der Waals surface area contributed by atoms with Crippen molar-refractivity contribution < 1.29 is 76.9 Å². The molecule has 62 valence electrons. The van der Waals surface area contributed by atoms with Crippen LogP contribution in [0.2, 0.25) is 0 Å². The van der Waals surface area contributed by atoms with Crippen molar-refractivity contribution in [3.63, 3.8) is 0 Å². The Hall–Kier alpha value is 1.01. The van der Waals surface area contributed by atoms with Crippen molar-refractivity contribution in [3.8, 4) is 0 Å². The molecule has 0 saturated carbocycles. The van der Waals surface area contributed by atoms with Crippen LogP contribution >= 0.6 is 0 Å². The van der Waals surface area contributed by atoms with Gasteiger partial charge in [-0.2, -0.15) is 0 Å². The van der Waals surface area contributed by atoms with Crippen LogP contribution in [0.4, 0.5) is 0 Å². The van der Waals surface area contributed by atoms with Gasteiger partial charge in [-0.05, 0) is 0 Å². The van der Waals surface area contributed by atoms with Crippen LogP contribution < -0.4 is 0 Å². The minimum atomic E-state index is 0. The third-order valence-corrected chi connectivity index (χ3v) is 0. The van der Waals surface area contributed by atoms with Gasteiger partial charge in [0.25, 0.3) is 0 Å². The first-order valence-electron chi connectivity index (χ1n) is 0. The molecule has 8 heteroatoms. The molecule has 0 aromatic heterocycles. The quantitative estimate of drug-likeness (QED) is 0.422. The van der Waals surface area contributed by atoms with Gasteiger partial charge in [-0.1, -0.05) is 0 Å². The standard InChI is InChI=1S/6H2O.O.Tb/h6*1H2;;/q;;;;;;-2;+3/p-1. The van der Waals surface area contributed by atoms with Gasteiger partial charge in [0.2, 0.25) is 0 Å². The molecule has 0 aliphatic rings. The van der Waals surface area contributed by atoms with Crippen molar-refractivity contribution in [1.82, 2.24) is 0 Å². The molecule has 0 saturated heterocycles. The first kappa shape index (κ1) is 571. The summed E-state index contributed by atoms with van der Waals surface area (Å²) in [4.78, 5) is 0. The zero-order valence-corrected chi connectivity index (χ0v) is 5.83. The minimum absolute atomic E-state index is 0. The van der Waals surface area contributed by atoms with E-state index in [0.717, 1.165) is 0 Å². The van der Waals surface area contributed by atoms with Gasteiger partial charge in [-0.15, -0.1) is 0 Å². The van der Waals surface area contributed by atoms with Gasteiger partial charge in [0.05, 0.1) is 0 Å². The van der Waals surface area contributed by atoms with Crippen LogP contribution in [0.1, 0.15) is 0 Å². The smallest absolute Gasteiger partial charge is 2.00 e. The third-order valence-electron chi connectivity index (χ3n) is 0. The maximum atomic E-state index is 0. The molecular formula is H11O7Tb. The average molecular weight is 282 g/mol. The second-order valence-electron chi connectivity index (χ2n) is 0. The second-order valence-corrected chi connectivity index (χ2v) is 0. The maximum Gasteiger partial charge on any atom is 3.00 e. The van der Waals surface area contributed by atoms with E-state index in [1.165, 1.54) is 0 Å². The molecule has 0 aromatic carbocycles. The average Bonchev–Trinajstić information content (AvgIpc) is 0. The first-order valence-corrected chi connectivity index (χ1v) is 0. The van der Waals surface area contributed by atoms with Gasteiger partial charge in [0.15, 0.2) is 0 Å². The Morgan fingerprint density at radius 1 is 0.500 bits per heavy atom. The topological polar surface area (TPSA) is 216 Å². The van der Waals surface area contributed by atoms with Gasteiger partial charge in [-0.3, -0.25) is 0 Å². The molecule has 0 amide bonds. The zero-order chi connectivity index (χ0) is 0. The predicted octanol–water partition coefficient (Wildman–Crippen LogP) is -4.42. The largest absolute Gasteiger partial charge is 3.00 e. The summed E-state index contributed by atoms with van der Waals surface area (Å²) < 4.78 is 0. The second kappa shape index (κ2) is 388. The molecule has 0 aromatic rings. The van der Waals surface area contributed by atoms with E-state index in [1.807, 2.05) is 0 Å². The molecule has 0 bridgehead atoms. The van der Waals surface area contributed by atoms with E-state index in [4.69, 9.17) is 0 Å². The van der Waals surface area contributed by atoms with E-state index in [-0.39, 0.29) is 76.9 Å². The van der Waals surface area contributed by atoms with E-state index >= 15 is 0 Å². The zero-order valence-electron chi connectivity index (χ0n) is 3.69. The van der Waals surface area contributed by atoms with Crippen molar-refractivity contribution in [3.05, 3.63) is 0 Å². The fraction of sp³-hybridized carbons (Fsp3) is 0. The fourth-order valence-corrected chi connectivity index (χ4v) is 0. The molecule has 0 heterocycles. The van der Waals surface area contributed by atoms with Crippen LogP contribution in [0.3, 0.4) is 0 Å². The Morgan fingerprint density at radius 2 is 0.500 bits per heavy atom. The van der Waals surface area contributed by atoms with Gasteiger partial charge in [-0.25, -0.2) is 0 Å². The Labute approximate surface area is 76.7 Å². The van der Waals surface area contributed by atoms with Crippen LogP contribution in [0, 0.1) is 38.6 Å². The Balaban J connectivity index is 0. The SMILES string of the molecule is O.O.O.O.O.[O-2].[OH-].[Tb+3]. The number of rotatable bonds is 0. The van der Waals surface area contributed by atoms with E-state index in [1.54, 1.807) is 0 Å². The van der Waals surface area contributed by atoms with Crippen LogP contribution in [0.25, 0.3) is 0 Å². The summed E-state index contributed by atoms with van der Waals surface area (Å²) in [5.41, 5.74) is 0. The normalized spacial score (nSPS) is 0. The van der Waals surface area contributed by atoms with E-state index < -0.39 is 0 Å². The number of hydrogen-bond acceptors (Lipinski definition) is 1. The fourth-order valence-electron chi connectivity index (χ4n) is 0. The molecule has 0 radical (unpaired) electrons. The molecule has 8 heavy (non-hydrogen) atoms. The summed E-state index contributed by atoms with van der Waals surface area (Å²) >= 11 is 0.